The maximum atomic E-state index is 13.0. The standard InChI is InChI=1S/C37H43NO11/c1-6-23-10-16-28-19-25(13-17-27(28)18-23)21-44-32(42)20-24-11-14-26(15-12-24)36(43)38-49-37-35(48-31(41)9-4)34(47-30(40)8-3)33(22(5)45-37)46-29(39)7-2/h10-19,22,33-35,37H,6-9,20-21H2,1-5H3,(H,38,43)/t22-,33+,34+,35-,37-/m0/s1. The summed E-state index contributed by atoms with van der Waals surface area (Å²) in [5.74, 6) is -2.93. The van der Waals surface area contributed by atoms with Gasteiger partial charge in [-0.25, -0.2) is 10.3 Å². The Bertz CT molecular complexity index is 1640. The van der Waals surface area contributed by atoms with Crippen LogP contribution >= 0.6 is 0 Å². The van der Waals surface area contributed by atoms with E-state index in [0.29, 0.717) is 5.56 Å². The molecule has 0 radical (unpaired) electrons. The van der Waals surface area contributed by atoms with Crippen LogP contribution in [0.25, 0.3) is 10.8 Å². The highest BCUT2D eigenvalue weighted by atomic mass is 16.8. The van der Waals surface area contributed by atoms with Crippen LogP contribution in [0.5, 0.6) is 0 Å². The van der Waals surface area contributed by atoms with E-state index >= 15 is 0 Å². The number of hydrogen-bond acceptors (Lipinski definition) is 11. The summed E-state index contributed by atoms with van der Waals surface area (Å²) < 4.78 is 27.9. The number of aryl methyl sites for hydroxylation is 1. The first-order valence-corrected chi connectivity index (χ1v) is 16.5. The van der Waals surface area contributed by atoms with Crippen LogP contribution in [0.15, 0.2) is 60.7 Å². The molecule has 12 heteroatoms. The minimum Gasteiger partial charge on any atom is -0.461 e. The van der Waals surface area contributed by atoms with Gasteiger partial charge in [-0.3, -0.25) is 24.0 Å². The zero-order valence-electron chi connectivity index (χ0n) is 28.4. The minimum absolute atomic E-state index is 0.00571. The van der Waals surface area contributed by atoms with Gasteiger partial charge in [0.1, 0.15) is 6.61 Å². The summed E-state index contributed by atoms with van der Waals surface area (Å²) in [6, 6.07) is 18.5. The fourth-order valence-corrected chi connectivity index (χ4v) is 5.18. The molecule has 1 heterocycles. The van der Waals surface area contributed by atoms with Crippen molar-refractivity contribution in [3.05, 3.63) is 82.9 Å². The molecule has 1 amide bonds. The number of nitrogens with one attached hydrogen (secondary N) is 1. The first-order chi connectivity index (χ1) is 23.5. The number of hydrogen-bond donors (Lipinski definition) is 1. The number of carbonyl (C=O) groups excluding carboxylic acids is 5. The lowest BCUT2D eigenvalue weighted by molar-refractivity contribution is -0.310. The van der Waals surface area contributed by atoms with Gasteiger partial charge < -0.3 is 23.7 Å². The molecular formula is C37H43NO11. The fraction of sp³-hybridized carbons (Fsp3) is 0.432. The first kappa shape index (κ1) is 37.0. The Balaban J connectivity index is 1.36. The molecule has 0 bridgehead atoms. The van der Waals surface area contributed by atoms with Gasteiger partial charge in [0.2, 0.25) is 6.29 Å². The second-order valence-corrected chi connectivity index (χ2v) is 11.6. The van der Waals surface area contributed by atoms with Crippen LogP contribution in [0.2, 0.25) is 0 Å². The highest BCUT2D eigenvalue weighted by molar-refractivity contribution is 5.93. The lowest BCUT2D eigenvalue weighted by Crippen LogP contribution is -2.62. The second-order valence-electron chi connectivity index (χ2n) is 11.6. The quantitative estimate of drug-likeness (QED) is 0.138. The maximum Gasteiger partial charge on any atom is 0.310 e. The molecule has 3 aromatic carbocycles. The van der Waals surface area contributed by atoms with Gasteiger partial charge in [0.25, 0.3) is 5.91 Å². The van der Waals surface area contributed by atoms with E-state index in [1.165, 1.54) is 17.7 Å². The second kappa shape index (κ2) is 17.5. The van der Waals surface area contributed by atoms with Crippen molar-refractivity contribution in [2.75, 3.05) is 0 Å². The average Bonchev–Trinajstić information content (AvgIpc) is 3.11. The summed E-state index contributed by atoms with van der Waals surface area (Å²) >= 11 is 0. The van der Waals surface area contributed by atoms with E-state index in [-0.39, 0.29) is 37.9 Å². The molecule has 4 rings (SSSR count). The van der Waals surface area contributed by atoms with Crippen LogP contribution in [0.1, 0.15) is 80.9 Å². The molecule has 0 aliphatic carbocycles. The Hall–Kier alpha value is -4.81. The Morgan fingerprint density at radius 3 is 1.78 bits per heavy atom. The molecule has 3 aromatic rings. The lowest BCUT2D eigenvalue weighted by Gasteiger charge is -2.43. The topological polar surface area (TPSA) is 153 Å². The van der Waals surface area contributed by atoms with Crippen molar-refractivity contribution in [3.63, 3.8) is 0 Å². The first-order valence-electron chi connectivity index (χ1n) is 16.5. The van der Waals surface area contributed by atoms with Crippen molar-refractivity contribution in [1.29, 1.82) is 0 Å². The zero-order chi connectivity index (χ0) is 35.5. The molecule has 1 aliphatic heterocycles. The monoisotopic (exact) mass is 677 g/mol. The molecule has 262 valence electrons. The highest BCUT2D eigenvalue weighted by Gasteiger charge is 2.51. The van der Waals surface area contributed by atoms with Gasteiger partial charge in [-0.2, -0.15) is 0 Å². The molecule has 1 aliphatic rings. The Labute approximate surface area is 285 Å². The third-order valence-corrected chi connectivity index (χ3v) is 8.01. The summed E-state index contributed by atoms with van der Waals surface area (Å²) in [5, 5.41) is 2.21. The molecular weight excluding hydrogens is 634 g/mol. The van der Waals surface area contributed by atoms with Crippen LogP contribution in [0.3, 0.4) is 0 Å². The van der Waals surface area contributed by atoms with Crippen molar-refractivity contribution >= 4 is 40.6 Å². The van der Waals surface area contributed by atoms with Crippen molar-refractivity contribution < 1.29 is 52.5 Å². The van der Waals surface area contributed by atoms with Gasteiger partial charge in [-0.15, -0.1) is 0 Å². The van der Waals surface area contributed by atoms with E-state index in [1.807, 2.05) is 18.2 Å². The molecule has 0 unspecified atom stereocenters. The largest absolute Gasteiger partial charge is 0.461 e. The molecule has 5 atom stereocenters. The normalized spacial score (nSPS) is 20.2. The van der Waals surface area contributed by atoms with Crippen molar-refractivity contribution in [3.8, 4) is 0 Å². The lowest BCUT2D eigenvalue weighted by atomic mass is 9.99. The van der Waals surface area contributed by atoms with Gasteiger partial charge in [0, 0.05) is 24.8 Å². The molecule has 1 saturated heterocycles. The number of ether oxygens (including phenoxy) is 5. The van der Waals surface area contributed by atoms with Crippen molar-refractivity contribution in [2.24, 2.45) is 0 Å². The number of carbonyl (C=O) groups is 5. The number of esters is 4. The van der Waals surface area contributed by atoms with E-state index in [2.05, 4.69) is 30.6 Å². The van der Waals surface area contributed by atoms with Crippen molar-refractivity contribution in [2.45, 2.75) is 104 Å². The minimum atomic E-state index is -1.41. The van der Waals surface area contributed by atoms with Gasteiger partial charge >= 0.3 is 23.9 Å². The van der Waals surface area contributed by atoms with Crippen LogP contribution in [-0.2, 0) is 67.1 Å². The van der Waals surface area contributed by atoms with Crippen molar-refractivity contribution in [1.82, 2.24) is 5.48 Å². The fourth-order valence-electron chi connectivity index (χ4n) is 5.18. The van der Waals surface area contributed by atoms with Gasteiger partial charge in [-0.05, 0) is 59.0 Å². The molecule has 0 aromatic heterocycles. The van der Waals surface area contributed by atoms with Gasteiger partial charge in [0.05, 0.1) is 12.5 Å². The maximum absolute atomic E-state index is 13.0. The van der Waals surface area contributed by atoms with E-state index in [9.17, 15) is 24.0 Å². The number of benzene rings is 3. The number of rotatable bonds is 14. The van der Waals surface area contributed by atoms with E-state index in [0.717, 1.165) is 22.8 Å². The number of hydroxylamine groups is 1. The number of fused-ring (bicyclic) bond motifs is 1. The molecule has 1 N–H and O–H groups in total. The summed E-state index contributed by atoms with van der Waals surface area (Å²) in [6.45, 7) is 8.58. The summed E-state index contributed by atoms with van der Waals surface area (Å²) in [5.41, 5.74) is 5.27. The Morgan fingerprint density at radius 1 is 0.653 bits per heavy atom. The summed E-state index contributed by atoms with van der Waals surface area (Å²) in [4.78, 5) is 67.9. The Kier molecular flexibility index (Phi) is 13.3. The molecule has 49 heavy (non-hydrogen) atoms. The third-order valence-electron chi connectivity index (χ3n) is 8.01. The van der Waals surface area contributed by atoms with Crippen LogP contribution < -0.4 is 5.48 Å². The zero-order valence-corrected chi connectivity index (χ0v) is 28.4. The van der Waals surface area contributed by atoms with Crippen LogP contribution in [0, 0.1) is 0 Å². The Morgan fingerprint density at radius 2 is 1.18 bits per heavy atom. The average molecular weight is 678 g/mol. The van der Waals surface area contributed by atoms with E-state index < -0.39 is 60.5 Å². The molecule has 0 saturated carbocycles. The summed E-state index contributed by atoms with van der Waals surface area (Å²) in [7, 11) is 0. The highest BCUT2D eigenvalue weighted by Crippen LogP contribution is 2.30. The molecule has 1 fully saturated rings. The van der Waals surface area contributed by atoms with Crippen LogP contribution in [-0.4, -0.2) is 60.5 Å². The van der Waals surface area contributed by atoms with E-state index in [1.54, 1.807) is 39.8 Å². The van der Waals surface area contributed by atoms with Gasteiger partial charge in [-0.1, -0.05) is 70.2 Å². The van der Waals surface area contributed by atoms with Gasteiger partial charge in [0.15, 0.2) is 18.3 Å². The summed E-state index contributed by atoms with van der Waals surface area (Å²) in [6.07, 6.45) is -4.99. The number of amides is 1. The predicted molar refractivity (Wildman–Crippen MR) is 177 cm³/mol. The third kappa shape index (κ3) is 10.1. The SMILES string of the molecule is CCC(=O)O[C@H]1[C@H](OC(=O)CC)[C@H](ONC(=O)c2ccc(CC(=O)OCc3ccc4cc(CC)ccc4c3)cc2)O[C@@H](C)[C@H]1OC(=O)CC. The smallest absolute Gasteiger partial charge is 0.310 e. The predicted octanol–water partition coefficient (Wildman–Crippen LogP) is 5.06. The molecule has 12 nitrogen and oxygen atoms in total. The van der Waals surface area contributed by atoms with Crippen LogP contribution in [0.4, 0.5) is 0 Å². The molecule has 0 spiro atoms. The van der Waals surface area contributed by atoms with E-state index in [4.69, 9.17) is 28.5 Å².